The summed E-state index contributed by atoms with van der Waals surface area (Å²) in [5.74, 6) is 0.221. The van der Waals surface area contributed by atoms with Crippen LogP contribution in [0.15, 0.2) is 24.3 Å². The van der Waals surface area contributed by atoms with Crippen LogP contribution < -0.4 is 10.6 Å². The van der Waals surface area contributed by atoms with E-state index in [0.717, 1.165) is 62.3 Å². The third-order valence-electron chi connectivity index (χ3n) is 8.72. The van der Waals surface area contributed by atoms with Crippen molar-refractivity contribution >= 4 is 34.3 Å². The highest BCUT2D eigenvalue weighted by atomic mass is 16.2. The molecule has 1 aromatic carbocycles. The summed E-state index contributed by atoms with van der Waals surface area (Å²) in [6, 6.07) is 7.94. The molecule has 1 aliphatic heterocycles. The van der Waals surface area contributed by atoms with Crippen molar-refractivity contribution in [1.82, 2.24) is 14.8 Å². The van der Waals surface area contributed by atoms with Gasteiger partial charge in [-0.25, -0.2) is 0 Å². The average molecular weight is 493 g/mol. The molecule has 0 saturated heterocycles. The highest BCUT2D eigenvalue weighted by molar-refractivity contribution is 6.14. The van der Waals surface area contributed by atoms with E-state index in [4.69, 9.17) is 0 Å². The van der Waals surface area contributed by atoms with Crippen LogP contribution in [0.25, 0.3) is 10.9 Å². The zero-order valence-electron chi connectivity index (χ0n) is 21.9. The normalized spacial score (nSPS) is 27.4. The van der Waals surface area contributed by atoms with Crippen LogP contribution in [0.4, 0.5) is 5.69 Å². The Balaban J connectivity index is 1.59. The number of anilines is 1. The predicted octanol–water partition coefficient (Wildman–Crippen LogP) is 5.23. The first-order valence-electron chi connectivity index (χ1n) is 13.8. The number of rotatable bonds is 4. The van der Waals surface area contributed by atoms with Crippen LogP contribution in [0, 0.1) is 5.92 Å². The van der Waals surface area contributed by atoms with Crippen LogP contribution in [0.5, 0.6) is 0 Å². The number of hydrogen-bond acceptors (Lipinski definition) is 3. The Morgan fingerprint density at radius 3 is 2.31 bits per heavy atom. The van der Waals surface area contributed by atoms with Gasteiger partial charge in [0.15, 0.2) is 0 Å². The minimum Gasteiger partial charge on any atom is -0.351 e. The molecule has 2 heterocycles. The molecule has 1 unspecified atom stereocenters. The Bertz CT molecular complexity index is 1150. The van der Waals surface area contributed by atoms with Gasteiger partial charge in [-0.2, -0.15) is 0 Å². The molecule has 7 nitrogen and oxygen atoms in total. The zero-order chi connectivity index (χ0) is 25.4. The lowest BCUT2D eigenvalue weighted by molar-refractivity contribution is -0.135. The summed E-state index contributed by atoms with van der Waals surface area (Å²) in [6.45, 7) is 6.05. The van der Waals surface area contributed by atoms with Gasteiger partial charge in [0.05, 0.1) is 17.7 Å². The maximum atomic E-state index is 14.4. The smallest absolute Gasteiger partial charge is 0.273 e. The van der Waals surface area contributed by atoms with E-state index in [2.05, 4.69) is 17.6 Å². The van der Waals surface area contributed by atoms with Crippen LogP contribution in [0.1, 0.15) is 95.5 Å². The fourth-order valence-electron chi connectivity index (χ4n) is 6.73. The van der Waals surface area contributed by atoms with Crippen molar-refractivity contribution in [2.24, 2.45) is 5.92 Å². The van der Waals surface area contributed by atoms with Gasteiger partial charge < -0.3 is 20.1 Å². The number of nitrogens with one attached hydrogen (secondary N) is 2. The van der Waals surface area contributed by atoms with Gasteiger partial charge in [0.1, 0.15) is 11.2 Å². The molecule has 2 N–H and O–H groups in total. The first kappa shape index (κ1) is 24.8. The maximum Gasteiger partial charge on any atom is 0.273 e. The van der Waals surface area contributed by atoms with Crippen molar-refractivity contribution < 1.29 is 14.4 Å². The Hall–Kier alpha value is -2.83. The standard InChI is InChI=1S/C29H40N4O3/c1-19-14-16-22(17-15-19)33-27(35)26-25(30-20(2)34)23-12-8-9-13-24(23)32(26)18-29(33,3)28(36)31-21-10-6-4-5-7-11-21/h8-9,12-13,19,21-22H,4-7,10-11,14-18H2,1-3H3,(H,30,34)(H,31,36). The molecule has 1 aromatic heterocycles. The molecule has 0 bridgehead atoms. The average Bonchev–Trinajstić information content (AvgIpc) is 2.98. The van der Waals surface area contributed by atoms with E-state index >= 15 is 0 Å². The van der Waals surface area contributed by atoms with Crippen LogP contribution in [-0.2, 0) is 16.1 Å². The third-order valence-corrected chi connectivity index (χ3v) is 8.72. The monoisotopic (exact) mass is 492 g/mol. The van der Waals surface area contributed by atoms with Crippen molar-refractivity contribution in [1.29, 1.82) is 0 Å². The molecule has 3 amide bonds. The molecule has 194 valence electrons. The van der Waals surface area contributed by atoms with E-state index in [9.17, 15) is 14.4 Å². The summed E-state index contributed by atoms with van der Waals surface area (Å²) in [5, 5.41) is 7.14. The number of para-hydroxylation sites is 1. The van der Waals surface area contributed by atoms with Gasteiger partial charge in [-0.1, -0.05) is 50.8 Å². The molecule has 5 rings (SSSR count). The number of carbonyl (C=O) groups excluding carboxylic acids is 3. The van der Waals surface area contributed by atoms with Gasteiger partial charge in [0.25, 0.3) is 5.91 Å². The van der Waals surface area contributed by atoms with Crippen molar-refractivity contribution in [2.45, 2.75) is 109 Å². The van der Waals surface area contributed by atoms with Crippen LogP contribution in [-0.4, -0.2) is 44.8 Å². The number of fused-ring (bicyclic) bond motifs is 3. The Kier molecular flexibility index (Phi) is 6.84. The minimum absolute atomic E-state index is 0.00974. The molecule has 2 saturated carbocycles. The van der Waals surface area contributed by atoms with Crippen molar-refractivity contribution in [3.63, 3.8) is 0 Å². The predicted molar refractivity (Wildman–Crippen MR) is 142 cm³/mol. The summed E-state index contributed by atoms with van der Waals surface area (Å²) in [7, 11) is 0. The largest absolute Gasteiger partial charge is 0.351 e. The molecule has 7 heteroatoms. The SMILES string of the molecule is CC(=O)Nc1c2n(c3ccccc13)CC(C)(C(=O)NC1CCCCCC1)N(C1CCC(C)CC1)C2=O. The van der Waals surface area contributed by atoms with E-state index in [1.54, 1.807) is 0 Å². The Morgan fingerprint density at radius 1 is 0.972 bits per heavy atom. The quantitative estimate of drug-likeness (QED) is 0.573. The molecular weight excluding hydrogens is 452 g/mol. The Labute approximate surface area is 214 Å². The molecule has 1 atom stereocenters. The summed E-state index contributed by atoms with van der Waals surface area (Å²) in [4.78, 5) is 42.6. The fraction of sp³-hybridized carbons (Fsp3) is 0.621. The summed E-state index contributed by atoms with van der Waals surface area (Å²) < 4.78 is 1.97. The summed E-state index contributed by atoms with van der Waals surface area (Å²) in [5.41, 5.74) is 0.917. The summed E-state index contributed by atoms with van der Waals surface area (Å²) >= 11 is 0. The zero-order valence-corrected chi connectivity index (χ0v) is 21.9. The highest BCUT2D eigenvalue weighted by Crippen LogP contribution is 2.42. The molecule has 0 spiro atoms. The van der Waals surface area contributed by atoms with E-state index in [1.165, 1.54) is 19.8 Å². The number of hydrogen-bond donors (Lipinski definition) is 2. The lowest BCUT2D eigenvalue weighted by Gasteiger charge is -2.49. The van der Waals surface area contributed by atoms with E-state index in [0.29, 0.717) is 23.8 Å². The maximum absolute atomic E-state index is 14.4. The number of carbonyl (C=O) groups is 3. The number of nitrogens with zero attached hydrogens (tertiary/aromatic N) is 2. The van der Waals surface area contributed by atoms with Gasteiger partial charge in [-0.3, -0.25) is 14.4 Å². The second-order valence-corrected chi connectivity index (χ2v) is 11.5. The molecule has 3 aliphatic rings. The van der Waals surface area contributed by atoms with Gasteiger partial charge in [0.2, 0.25) is 11.8 Å². The second kappa shape index (κ2) is 9.91. The minimum atomic E-state index is -1.00. The molecular formula is C29H40N4O3. The number of benzene rings is 1. The van der Waals surface area contributed by atoms with Crippen LogP contribution in [0.2, 0.25) is 0 Å². The Morgan fingerprint density at radius 2 is 1.64 bits per heavy atom. The van der Waals surface area contributed by atoms with Crippen molar-refractivity contribution in [2.75, 3.05) is 5.32 Å². The highest BCUT2D eigenvalue weighted by Gasteiger charge is 2.52. The van der Waals surface area contributed by atoms with Crippen LogP contribution >= 0.6 is 0 Å². The van der Waals surface area contributed by atoms with E-state index in [-0.39, 0.29) is 29.8 Å². The molecule has 2 aromatic rings. The molecule has 2 aliphatic carbocycles. The fourth-order valence-corrected chi connectivity index (χ4v) is 6.73. The van der Waals surface area contributed by atoms with Crippen molar-refractivity contribution in [3.8, 4) is 0 Å². The number of aromatic nitrogens is 1. The summed E-state index contributed by atoms with van der Waals surface area (Å²) in [6.07, 6.45) is 10.6. The van der Waals surface area contributed by atoms with E-state index < -0.39 is 5.54 Å². The lowest BCUT2D eigenvalue weighted by atomic mass is 9.82. The van der Waals surface area contributed by atoms with Crippen LogP contribution in [0.3, 0.4) is 0 Å². The first-order chi connectivity index (χ1) is 17.3. The molecule has 36 heavy (non-hydrogen) atoms. The number of amides is 3. The molecule has 2 fully saturated rings. The topological polar surface area (TPSA) is 83.4 Å². The van der Waals surface area contributed by atoms with Gasteiger partial charge in [0, 0.05) is 24.4 Å². The van der Waals surface area contributed by atoms with Gasteiger partial charge in [-0.15, -0.1) is 0 Å². The first-order valence-corrected chi connectivity index (χ1v) is 13.8. The van der Waals surface area contributed by atoms with Gasteiger partial charge in [-0.05, 0) is 57.4 Å². The van der Waals surface area contributed by atoms with Gasteiger partial charge >= 0.3 is 0 Å². The molecule has 0 radical (unpaired) electrons. The van der Waals surface area contributed by atoms with Crippen molar-refractivity contribution in [3.05, 3.63) is 30.0 Å². The second-order valence-electron chi connectivity index (χ2n) is 11.5. The third kappa shape index (κ3) is 4.41. The lowest BCUT2D eigenvalue weighted by Crippen LogP contribution is -2.67. The van der Waals surface area contributed by atoms with E-state index in [1.807, 2.05) is 40.7 Å².